The molecule has 1 aliphatic heterocycles. The first-order valence-corrected chi connectivity index (χ1v) is 11.3. The molecule has 0 bridgehead atoms. The largest absolute Gasteiger partial charge is 0.478 e. The van der Waals surface area contributed by atoms with Crippen LogP contribution in [0.3, 0.4) is 0 Å². The lowest BCUT2D eigenvalue weighted by Crippen LogP contribution is -2.52. The number of carboxylic acids is 2. The van der Waals surface area contributed by atoms with Crippen molar-refractivity contribution in [3.8, 4) is 0 Å². The molecule has 3 atom stereocenters. The molecule has 4 rings (SSSR count). The van der Waals surface area contributed by atoms with Gasteiger partial charge in [-0.15, -0.1) is 0 Å². The third-order valence-electron chi connectivity index (χ3n) is 5.97. The average molecular weight is 501 g/mol. The highest BCUT2D eigenvalue weighted by Crippen LogP contribution is 2.47. The molecule has 1 aromatic carbocycles. The number of benzene rings is 1. The van der Waals surface area contributed by atoms with Crippen LogP contribution in [0.2, 0.25) is 5.02 Å². The summed E-state index contributed by atoms with van der Waals surface area (Å²) in [6, 6.07) is 8.32. The van der Waals surface area contributed by atoms with Crippen LogP contribution in [0.5, 0.6) is 0 Å². The summed E-state index contributed by atoms with van der Waals surface area (Å²) < 4.78 is 13.6. The summed E-state index contributed by atoms with van der Waals surface area (Å²) in [5.74, 6) is -3.05. The van der Waals surface area contributed by atoms with Crippen molar-refractivity contribution in [1.29, 1.82) is 0 Å². The summed E-state index contributed by atoms with van der Waals surface area (Å²) >= 11 is 6.38. The number of carboxylic acid groups (broad SMARTS) is 2. The minimum Gasteiger partial charge on any atom is -0.478 e. The number of allylic oxidation sites excluding steroid dienone is 1. The number of carbonyl (C=O) groups excluding carboxylic acids is 1. The predicted molar refractivity (Wildman–Crippen MR) is 129 cm³/mol. The van der Waals surface area contributed by atoms with Crippen LogP contribution in [0.1, 0.15) is 43.7 Å². The number of hydrogen-bond donors (Lipinski definition) is 3. The van der Waals surface area contributed by atoms with Gasteiger partial charge in [-0.3, -0.25) is 9.78 Å². The number of carbonyl (C=O) groups is 3. The number of rotatable bonds is 4. The molecule has 3 unspecified atom stereocenters. The molecular weight excluding hydrogens is 475 g/mol. The van der Waals surface area contributed by atoms with Crippen LogP contribution < -0.4 is 5.32 Å². The lowest BCUT2D eigenvalue weighted by Gasteiger charge is -2.46. The predicted octanol–water partition coefficient (Wildman–Crippen LogP) is 4.69. The van der Waals surface area contributed by atoms with Gasteiger partial charge < -0.3 is 15.5 Å². The molecule has 1 aliphatic carbocycles. The summed E-state index contributed by atoms with van der Waals surface area (Å²) in [6.45, 7) is 4.26. The summed E-state index contributed by atoms with van der Waals surface area (Å²) in [6.07, 6.45) is 8.13. The van der Waals surface area contributed by atoms with Gasteiger partial charge in [0.05, 0.1) is 0 Å². The smallest absolute Gasteiger partial charge is 0.328 e. The monoisotopic (exact) mass is 500 g/mol. The van der Waals surface area contributed by atoms with E-state index in [-0.39, 0.29) is 34.9 Å². The molecule has 1 fully saturated rings. The van der Waals surface area contributed by atoms with Gasteiger partial charge in [-0.1, -0.05) is 37.6 Å². The van der Waals surface area contributed by atoms with Gasteiger partial charge in [0.2, 0.25) is 0 Å². The summed E-state index contributed by atoms with van der Waals surface area (Å²) in [4.78, 5) is 36.4. The van der Waals surface area contributed by atoms with Crippen molar-refractivity contribution in [2.45, 2.75) is 38.6 Å². The number of Topliss-reactive ketones (excluding diaryl/α,β-unsaturated/α-hetero) is 1. The molecular formula is C26H26ClFN2O5. The van der Waals surface area contributed by atoms with Gasteiger partial charge in [0.25, 0.3) is 0 Å². The zero-order valence-corrected chi connectivity index (χ0v) is 20.0. The van der Waals surface area contributed by atoms with Gasteiger partial charge in [0, 0.05) is 65.1 Å². The Morgan fingerprint density at radius 2 is 1.89 bits per heavy atom. The van der Waals surface area contributed by atoms with Crippen molar-refractivity contribution in [3.05, 3.63) is 82.9 Å². The fourth-order valence-electron chi connectivity index (χ4n) is 4.63. The van der Waals surface area contributed by atoms with Gasteiger partial charge >= 0.3 is 11.9 Å². The molecule has 2 heterocycles. The summed E-state index contributed by atoms with van der Waals surface area (Å²) in [5, 5.41) is 19.6. The fourth-order valence-corrected chi connectivity index (χ4v) is 4.92. The number of nitrogens with zero attached hydrogens (tertiary/aromatic N) is 1. The Bertz CT molecular complexity index is 1160. The number of aliphatic carboxylic acids is 2. The third kappa shape index (κ3) is 6.76. The molecule has 3 N–H and O–H groups in total. The summed E-state index contributed by atoms with van der Waals surface area (Å²) in [5.41, 5.74) is 2.65. The van der Waals surface area contributed by atoms with Crippen molar-refractivity contribution in [1.82, 2.24) is 10.3 Å². The van der Waals surface area contributed by atoms with E-state index in [0.717, 1.165) is 23.2 Å². The Morgan fingerprint density at radius 1 is 1.20 bits per heavy atom. The zero-order valence-electron chi connectivity index (χ0n) is 19.2. The SMILES string of the molecule is CC1(C)CC(=O)C2C(C1)NC(c1cccnc1)=CC2c1ccc(F)cc1Cl.O=C(O)/C=C/C(=O)O. The summed E-state index contributed by atoms with van der Waals surface area (Å²) in [7, 11) is 0. The lowest BCUT2D eigenvalue weighted by molar-refractivity contribution is -0.134. The van der Waals surface area contributed by atoms with E-state index in [0.29, 0.717) is 23.6 Å². The molecule has 9 heteroatoms. The fraction of sp³-hybridized carbons (Fsp3) is 0.308. The molecule has 1 saturated carbocycles. The van der Waals surface area contributed by atoms with E-state index in [4.69, 9.17) is 21.8 Å². The van der Waals surface area contributed by atoms with E-state index in [1.807, 2.05) is 18.2 Å². The van der Waals surface area contributed by atoms with Crippen molar-refractivity contribution < 1.29 is 29.0 Å². The highest BCUT2D eigenvalue weighted by molar-refractivity contribution is 6.31. The number of halogens is 2. The van der Waals surface area contributed by atoms with Crippen LogP contribution in [0, 0.1) is 17.2 Å². The molecule has 1 aromatic heterocycles. The number of fused-ring (bicyclic) bond motifs is 1. The number of aromatic nitrogens is 1. The topological polar surface area (TPSA) is 117 Å². The maximum absolute atomic E-state index is 13.6. The quantitative estimate of drug-likeness (QED) is 0.521. The van der Waals surface area contributed by atoms with Crippen LogP contribution in [-0.4, -0.2) is 39.0 Å². The highest BCUT2D eigenvalue weighted by atomic mass is 35.5. The van der Waals surface area contributed by atoms with Crippen molar-refractivity contribution in [3.63, 3.8) is 0 Å². The van der Waals surface area contributed by atoms with E-state index < -0.39 is 11.9 Å². The molecule has 184 valence electrons. The minimum atomic E-state index is -1.26. The Hall–Kier alpha value is -3.52. The molecule has 35 heavy (non-hydrogen) atoms. The van der Waals surface area contributed by atoms with E-state index in [9.17, 15) is 18.8 Å². The first kappa shape index (κ1) is 26.1. The Balaban J connectivity index is 0.000000371. The van der Waals surface area contributed by atoms with Crippen LogP contribution in [0.15, 0.2) is 61.0 Å². The maximum Gasteiger partial charge on any atom is 0.328 e. The van der Waals surface area contributed by atoms with E-state index >= 15 is 0 Å². The van der Waals surface area contributed by atoms with Gasteiger partial charge in [-0.2, -0.15) is 0 Å². The first-order valence-electron chi connectivity index (χ1n) is 11.0. The van der Waals surface area contributed by atoms with Gasteiger partial charge in [0.15, 0.2) is 0 Å². The van der Waals surface area contributed by atoms with Crippen LogP contribution in [0.4, 0.5) is 4.39 Å². The average Bonchev–Trinajstić information content (AvgIpc) is 2.77. The van der Waals surface area contributed by atoms with Crippen molar-refractivity contribution >= 4 is 35.0 Å². The molecule has 2 aliphatic rings. The first-order chi connectivity index (χ1) is 16.5. The number of hydrogen-bond acceptors (Lipinski definition) is 5. The van der Waals surface area contributed by atoms with E-state index in [2.05, 4.69) is 24.1 Å². The van der Waals surface area contributed by atoms with Crippen LogP contribution in [0.25, 0.3) is 5.70 Å². The Labute approximate surface area is 207 Å². The third-order valence-corrected chi connectivity index (χ3v) is 6.29. The zero-order chi connectivity index (χ0) is 25.8. The number of nitrogens with one attached hydrogen (secondary N) is 1. The lowest BCUT2D eigenvalue weighted by atomic mass is 9.63. The minimum absolute atomic E-state index is 0.00701. The van der Waals surface area contributed by atoms with Gasteiger partial charge in [-0.25, -0.2) is 14.0 Å². The van der Waals surface area contributed by atoms with E-state index in [1.54, 1.807) is 18.5 Å². The maximum atomic E-state index is 13.6. The second-order valence-electron chi connectivity index (χ2n) is 9.31. The highest BCUT2D eigenvalue weighted by Gasteiger charge is 2.46. The number of ketones is 1. The molecule has 0 spiro atoms. The second kappa shape index (κ2) is 10.8. The standard InChI is InChI=1S/C22H22ClFN2O.C4H4O4/c1-22(2)10-19-21(20(27)11-22)16(15-6-5-14(24)8-17(15)23)9-18(26-19)13-4-3-7-25-12-13;5-3(6)1-2-4(7)8/h3-9,12,16,19,21,26H,10-11H2,1-2H3;1-2H,(H,5,6)(H,7,8)/b;2-1+. The normalized spacial score (nSPS) is 22.8. The van der Waals surface area contributed by atoms with Gasteiger partial charge in [-0.05, 0) is 41.7 Å². The Kier molecular flexibility index (Phi) is 8.07. The van der Waals surface area contributed by atoms with Crippen molar-refractivity contribution in [2.24, 2.45) is 11.3 Å². The Morgan fingerprint density at radius 3 is 2.46 bits per heavy atom. The van der Waals surface area contributed by atoms with Crippen LogP contribution in [-0.2, 0) is 14.4 Å². The van der Waals surface area contributed by atoms with Crippen molar-refractivity contribution in [2.75, 3.05) is 0 Å². The molecule has 0 amide bonds. The van der Waals surface area contributed by atoms with Gasteiger partial charge in [0.1, 0.15) is 11.6 Å². The molecule has 0 radical (unpaired) electrons. The molecule has 0 saturated heterocycles. The van der Waals surface area contributed by atoms with E-state index in [1.165, 1.54) is 12.1 Å². The molecule has 7 nitrogen and oxygen atoms in total. The molecule has 2 aromatic rings. The van der Waals surface area contributed by atoms with Crippen LogP contribution >= 0.6 is 11.6 Å². The number of pyridine rings is 1. The second-order valence-corrected chi connectivity index (χ2v) is 9.72.